The molecular formula is C12H12ClN3O2S. The second kappa shape index (κ2) is 6.49. The number of carboxylic acids is 1. The number of aromatic nitrogens is 2. The van der Waals surface area contributed by atoms with Gasteiger partial charge in [-0.25, -0.2) is 0 Å². The number of aliphatic carboxylic acids is 1. The minimum atomic E-state index is -0.833. The Balaban J connectivity index is 2.11. The first-order valence-corrected chi connectivity index (χ1v) is 6.88. The lowest BCUT2D eigenvalue weighted by molar-refractivity contribution is -0.136. The average molecular weight is 298 g/mol. The van der Waals surface area contributed by atoms with Gasteiger partial charge in [-0.05, 0) is 17.7 Å². The number of hydrogen-bond acceptors (Lipinski definition) is 5. The van der Waals surface area contributed by atoms with Crippen molar-refractivity contribution in [3.05, 3.63) is 40.4 Å². The van der Waals surface area contributed by atoms with Crippen LogP contribution in [0.15, 0.2) is 29.8 Å². The zero-order chi connectivity index (χ0) is 13.7. The topological polar surface area (TPSA) is 66.3 Å². The molecule has 0 bridgehead atoms. The molecule has 0 unspecified atom stereocenters. The van der Waals surface area contributed by atoms with Crippen LogP contribution in [-0.4, -0.2) is 27.8 Å². The van der Waals surface area contributed by atoms with Gasteiger partial charge in [0, 0.05) is 18.1 Å². The van der Waals surface area contributed by atoms with Gasteiger partial charge in [-0.1, -0.05) is 35.1 Å². The molecule has 5 nitrogen and oxygen atoms in total. The van der Waals surface area contributed by atoms with Gasteiger partial charge in [0.1, 0.15) is 5.51 Å². The van der Waals surface area contributed by atoms with Crippen LogP contribution in [0.25, 0.3) is 0 Å². The summed E-state index contributed by atoms with van der Waals surface area (Å²) in [5.74, 6) is -0.833. The zero-order valence-electron chi connectivity index (χ0n) is 9.99. The molecule has 0 amide bonds. The molecule has 100 valence electrons. The maximum Gasteiger partial charge on any atom is 0.305 e. The number of halogens is 1. The van der Waals surface area contributed by atoms with Crippen LogP contribution in [0.2, 0.25) is 5.02 Å². The lowest BCUT2D eigenvalue weighted by atomic mass is 10.2. The van der Waals surface area contributed by atoms with E-state index in [0.717, 1.165) is 5.56 Å². The fourth-order valence-electron chi connectivity index (χ4n) is 1.63. The van der Waals surface area contributed by atoms with E-state index < -0.39 is 5.97 Å². The molecule has 0 atom stereocenters. The summed E-state index contributed by atoms with van der Waals surface area (Å²) in [5.41, 5.74) is 2.63. The molecule has 2 aromatic rings. The van der Waals surface area contributed by atoms with Crippen LogP contribution >= 0.6 is 22.9 Å². The molecule has 0 radical (unpaired) electrons. The fourth-order valence-corrected chi connectivity index (χ4v) is 2.43. The van der Waals surface area contributed by atoms with Gasteiger partial charge in [0.15, 0.2) is 0 Å². The molecule has 1 N–H and O–H groups in total. The number of hydrogen-bond donors (Lipinski definition) is 1. The van der Waals surface area contributed by atoms with E-state index >= 15 is 0 Å². The van der Waals surface area contributed by atoms with E-state index in [9.17, 15) is 4.79 Å². The van der Waals surface area contributed by atoms with E-state index in [1.807, 2.05) is 23.1 Å². The third kappa shape index (κ3) is 4.18. The van der Waals surface area contributed by atoms with Crippen LogP contribution in [-0.2, 0) is 11.3 Å². The molecule has 1 aromatic carbocycles. The Hall–Kier alpha value is -1.66. The Morgan fingerprint density at radius 3 is 2.95 bits per heavy atom. The van der Waals surface area contributed by atoms with Crippen LogP contribution < -0.4 is 4.90 Å². The second-order valence-corrected chi connectivity index (χ2v) is 5.16. The quantitative estimate of drug-likeness (QED) is 0.888. The summed E-state index contributed by atoms with van der Waals surface area (Å²) in [6.45, 7) is 0.945. The van der Waals surface area contributed by atoms with Crippen LogP contribution in [0.4, 0.5) is 5.13 Å². The Labute approximate surface area is 119 Å². The molecule has 0 spiro atoms. The number of carboxylic acid groups (broad SMARTS) is 1. The first kappa shape index (κ1) is 13.8. The Morgan fingerprint density at radius 2 is 2.32 bits per heavy atom. The highest BCUT2D eigenvalue weighted by Crippen LogP contribution is 2.20. The monoisotopic (exact) mass is 297 g/mol. The van der Waals surface area contributed by atoms with Crippen molar-refractivity contribution in [1.82, 2.24) is 10.2 Å². The lowest BCUT2D eigenvalue weighted by Gasteiger charge is -2.20. The van der Waals surface area contributed by atoms with Gasteiger partial charge in [0.25, 0.3) is 0 Å². The largest absolute Gasteiger partial charge is 0.481 e. The molecule has 0 aliphatic rings. The molecule has 0 saturated heterocycles. The molecule has 2 rings (SSSR count). The van der Waals surface area contributed by atoms with Crippen molar-refractivity contribution in [2.24, 2.45) is 0 Å². The molecule has 0 fully saturated rings. The summed E-state index contributed by atoms with van der Waals surface area (Å²) in [6.07, 6.45) is 0.0557. The number of rotatable bonds is 6. The van der Waals surface area contributed by atoms with Crippen molar-refractivity contribution < 1.29 is 9.90 Å². The Bertz CT molecular complexity index is 548. The first-order valence-electron chi connectivity index (χ1n) is 5.62. The summed E-state index contributed by atoms with van der Waals surface area (Å²) in [6, 6.07) is 7.47. The second-order valence-electron chi connectivity index (χ2n) is 3.92. The van der Waals surface area contributed by atoms with Crippen molar-refractivity contribution in [2.45, 2.75) is 13.0 Å². The lowest BCUT2D eigenvalue weighted by Crippen LogP contribution is -2.25. The predicted octanol–water partition coefficient (Wildman–Crippen LogP) is 2.67. The predicted molar refractivity (Wildman–Crippen MR) is 74.7 cm³/mol. The van der Waals surface area contributed by atoms with Crippen LogP contribution in [0.3, 0.4) is 0 Å². The van der Waals surface area contributed by atoms with Gasteiger partial charge in [-0.15, -0.1) is 10.2 Å². The van der Waals surface area contributed by atoms with Gasteiger partial charge in [-0.2, -0.15) is 0 Å². The van der Waals surface area contributed by atoms with Crippen molar-refractivity contribution in [1.29, 1.82) is 0 Å². The highest BCUT2D eigenvalue weighted by atomic mass is 35.5. The maximum absolute atomic E-state index is 10.7. The summed E-state index contributed by atoms with van der Waals surface area (Å²) in [7, 11) is 0. The third-order valence-electron chi connectivity index (χ3n) is 2.48. The van der Waals surface area contributed by atoms with Gasteiger partial charge < -0.3 is 10.0 Å². The summed E-state index contributed by atoms with van der Waals surface area (Å²) < 4.78 is 0. The summed E-state index contributed by atoms with van der Waals surface area (Å²) in [5, 5.41) is 17.9. The van der Waals surface area contributed by atoms with E-state index in [-0.39, 0.29) is 6.42 Å². The molecule has 0 aliphatic carbocycles. The molecule has 7 heteroatoms. The number of carbonyl (C=O) groups is 1. The molecular weight excluding hydrogens is 286 g/mol. The van der Waals surface area contributed by atoms with Gasteiger partial charge >= 0.3 is 5.97 Å². The SMILES string of the molecule is O=C(O)CCN(Cc1cccc(Cl)c1)c1nncs1. The molecule has 0 saturated carbocycles. The highest BCUT2D eigenvalue weighted by molar-refractivity contribution is 7.13. The van der Waals surface area contributed by atoms with Crippen molar-refractivity contribution in [2.75, 3.05) is 11.4 Å². The van der Waals surface area contributed by atoms with E-state index in [4.69, 9.17) is 16.7 Å². The molecule has 1 aromatic heterocycles. The van der Waals surface area contributed by atoms with Gasteiger partial charge in [0.2, 0.25) is 5.13 Å². The zero-order valence-corrected chi connectivity index (χ0v) is 11.6. The van der Waals surface area contributed by atoms with E-state index in [1.54, 1.807) is 11.6 Å². The highest BCUT2D eigenvalue weighted by Gasteiger charge is 2.12. The molecule has 1 heterocycles. The van der Waals surface area contributed by atoms with Crippen molar-refractivity contribution in [3.63, 3.8) is 0 Å². The van der Waals surface area contributed by atoms with Crippen molar-refractivity contribution in [3.8, 4) is 0 Å². The minimum Gasteiger partial charge on any atom is -0.481 e. The number of benzene rings is 1. The standard InChI is InChI=1S/C12H12ClN3O2S/c13-10-3-1-2-9(6-10)7-16(5-4-11(17)18)12-15-14-8-19-12/h1-3,6,8H,4-5,7H2,(H,17,18). The normalized spacial score (nSPS) is 10.4. The summed E-state index contributed by atoms with van der Waals surface area (Å²) in [4.78, 5) is 12.6. The van der Waals surface area contributed by atoms with Crippen LogP contribution in [0, 0.1) is 0 Å². The van der Waals surface area contributed by atoms with E-state index in [1.165, 1.54) is 11.3 Å². The average Bonchev–Trinajstić information content (AvgIpc) is 2.88. The van der Waals surface area contributed by atoms with Gasteiger partial charge in [-0.3, -0.25) is 4.79 Å². The minimum absolute atomic E-state index is 0.0557. The van der Waals surface area contributed by atoms with E-state index in [2.05, 4.69) is 10.2 Å². The van der Waals surface area contributed by atoms with Crippen LogP contribution in [0.1, 0.15) is 12.0 Å². The van der Waals surface area contributed by atoms with Crippen LogP contribution in [0.5, 0.6) is 0 Å². The maximum atomic E-state index is 10.7. The molecule has 0 aliphatic heterocycles. The Kier molecular flexibility index (Phi) is 4.70. The number of nitrogens with zero attached hydrogens (tertiary/aromatic N) is 3. The summed E-state index contributed by atoms with van der Waals surface area (Å²) >= 11 is 7.33. The molecule has 19 heavy (non-hydrogen) atoms. The van der Waals surface area contributed by atoms with Crippen molar-refractivity contribution >= 4 is 34.0 Å². The smallest absolute Gasteiger partial charge is 0.305 e. The fraction of sp³-hybridized carbons (Fsp3) is 0.250. The first-order chi connectivity index (χ1) is 9.15. The van der Waals surface area contributed by atoms with Gasteiger partial charge in [0.05, 0.1) is 6.42 Å². The third-order valence-corrected chi connectivity index (χ3v) is 3.46. The van der Waals surface area contributed by atoms with E-state index in [0.29, 0.717) is 23.2 Å². The Morgan fingerprint density at radius 1 is 1.47 bits per heavy atom. The number of anilines is 1.